The molecule has 78 valence electrons. The first-order valence-electron chi connectivity index (χ1n) is 4.94. The molecule has 0 aromatic rings. The second-order valence-corrected chi connectivity index (χ2v) is 3.57. The zero-order valence-electron chi connectivity index (χ0n) is 8.29. The van der Waals surface area contributed by atoms with Crippen LogP contribution in [-0.4, -0.2) is 32.4 Å². The van der Waals surface area contributed by atoms with E-state index in [1.807, 2.05) is 0 Å². The SMILES string of the molecule is COCCONC1CCC(N)CC1. The van der Waals surface area contributed by atoms with Crippen molar-refractivity contribution in [3.8, 4) is 0 Å². The number of nitrogens with two attached hydrogens (primary N) is 1. The summed E-state index contributed by atoms with van der Waals surface area (Å²) in [6.45, 7) is 1.25. The van der Waals surface area contributed by atoms with E-state index in [0.29, 0.717) is 25.3 Å². The average molecular weight is 188 g/mol. The fourth-order valence-electron chi connectivity index (χ4n) is 1.54. The van der Waals surface area contributed by atoms with E-state index >= 15 is 0 Å². The van der Waals surface area contributed by atoms with Gasteiger partial charge < -0.3 is 10.5 Å². The second kappa shape index (κ2) is 6.32. The molecule has 0 aliphatic heterocycles. The maximum atomic E-state index is 5.78. The van der Waals surface area contributed by atoms with Gasteiger partial charge in [0, 0.05) is 19.2 Å². The Morgan fingerprint density at radius 1 is 1.23 bits per heavy atom. The first-order valence-corrected chi connectivity index (χ1v) is 4.94. The van der Waals surface area contributed by atoms with Crippen molar-refractivity contribution in [3.05, 3.63) is 0 Å². The highest BCUT2D eigenvalue weighted by Gasteiger charge is 2.17. The minimum absolute atomic E-state index is 0.400. The molecule has 0 amide bonds. The summed E-state index contributed by atoms with van der Waals surface area (Å²) in [6, 6.07) is 0.883. The predicted octanol–water partition coefficient (Wildman–Crippen LogP) is 0.424. The van der Waals surface area contributed by atoms with Crippen LogP contribution in [0, 0.1) is 0 Å². The van der Waals surface area contributed by atoms with Crippen molar-refractivity contribution in [2.45, 2.75) is 37.8 Å². The molecule has 1 aliphatic rings. The maximum Gasteiger partial charge on any atom is 0.0915 e. The summed E-state index contributed by atoms with van der Waals surface area (Å²) in [5, 5.41) is 0. The summed E-state index contributed by atoms with van der Waals surface area (Å²) in [5.74, 6) is 0. The van der Waals surface area contributed by atoms with E-state index in [-0.39, 0.29) is 0 Å². The van der Waals surface area contributed by atoms with Crippen LogP contribution in [0.5, 0.6) is 0 Å². The van der Waals surface area contributed by atoms with Crippen LogP contribution in [-0.2, 0) is 9.57 Å². The van der Waals surface area contributed by atoms with Crippen molar-refractivity contribution >= 4 is 0 Å². The Morgan fingerprint density at radius 2 is 1.92 bits per heavy atom. The Kier molecular flexibility index (Phi) is 5.31. The molecule has 0 saturated heterocycles. The van der Waals surface area contributed by atoms with Crippen LogP contribution in [0.15, 0.2) is 0 Å². The standard InChI is InChI=1S/C9H20N2O2/c1-12-6-7-13-11-9-4-2-8(10)3-5-9/h8-9,11H,2-7,10H2,1H3. The van der Waals surface area contributed by atoms with Crippen molar-refractivity contribution in [2.24, 2.45) is 5.73 Å². The Hall–Kier alpha value is -0.160. The molecule has 13 heavy (non-hydrogen) atoms. The first kappa shape index (κ1) is 10.9. The Bertz CT molecular complexity index is 125. The minimum Gasteiger partial charge on any atom is -0.382 e. The largest absolute Gasteiger partial charge is 0.382 e. The summed E-state index contributed by atoms with van der Waals surface area (Å²) in [7, 11) is 1.67. The van der Waals surface area contributed by atoms with Gasteiger partial charge in [-0.3, -0.25) is 4.84 Å². The van der Waals surface area contributed by atoms with Crippen molar-refractivity contribution in [1.82, 2.24) is 5.48 Å². The molecule has 0 aromatic heterocycles. The van der Waals surface area contributed by atoms with E-state index in [1.165, 1.54) is 0 Å². The fraction of sp³-hybridized carbons (Fsp3) is 1.00. The molecule has 0 radical (unpaired) electrons. The van der Waals surface area contributed by atoms with Gasteiger partial charge in [0.2, 0.25) is 0 Å². The summed E-state index contributed by atoms with van der Waals surface area (Å²) >= 11 is 0. The number of rotatable bonds is 5. The van der Waals surface area contributed by atoms with E-state index in [4.69, 9.17) is 15.3 Å². The molecule has 0 heterocycles. The lowest BCUT2D eigenvalue weighted by molar-refractivity contribution is -0.0189. The number of nitrogens with one attached hydrogen (secondary N) is 1. The molecular formula is C9H20N2O2. The monoisotopic (exact) mass is 188 g/mol. The Balaban J connectivity index is 1.96. The Morgan fingerprint density at radius 3 is 2.54 bits per heavy atom. The average Bonchev–Trinajstić information content (AvgIpc) is 2.15. The molecule has 3 N–H and O–H groups in total. The van der Waals surface area contributed by atoms with Gasteiger partial charge in [0.25, 0.3) is 0 Å². The van der Waals surface area contributed by atoms with Crippen LogP contribution in [0.2, 0.25) is 0 Å². The van der Waals surface area contributed by atoms with E-state index in [1.54, 1.807) is 7.11 Å². The van der Waals surface area contributed by atoms with Gasteiger partial charge in [-0.2, -0.15) is 5.48 Å². The summed E-state index contributed by atoms with van der Waals surface area (Å²) < 4.78 is 4.86. The van der Waals surface area contributed by atoms with E-state index < -0.39 is 0 Å². The van der Waals surface area contributed by atoms with Gasteiger partial charge in [0.15, 0.2) is 0 Å². The molecule has 1 rings (SSSR count). The molecule has 4 heteroatoms. The molecular weight excluding hydrogens is 168 g/mol. The highest BCUT2D eigenvalue weighted by atomic mass is 16.7. The van der Waals surface area contributed by atoms with E-state index in [2.05, 4.69) is 5.48 Å². The number of ether oxygens (including phenoxy) is 1. The summed E-state index contributed by atoms with van der Waals surface area (Å²) in [6.07, 6.45) is 4.44. The number of hydrogen-bond donors (Lipinski definition) is 2. The van der Waals surface area contributed by atoms with Crippen LogP contribution >= 0.6 is 0 Å². The van der Waals surface area contributed by atoms with Crippen LogP contribution in [0.1, 0.15) is 25.7 Å². The summed E-state index contributed by atoms with van der Waals surface area (Å²) in [5.41, 5.74) is 8.83. The zero-order chi connectivity index (χ0) is 9.52. The maximum absolute atomic E-state index is 5.78. The van der Waals surface area contributed by atoms with Crippen LogP contribution < -0.4 is 11.2 Å². The van der Waals surface area contributed by atoms with Gasteiger partial charge >= 0.3 is 0 Å². The van der Waals surface area contributed by atoms with Crippen molar-refractivity contribution in [1.29, 1.82) is 0 Å². The Labute approximate surface area is 79.7 Å². The zero-order valence-corrected chi connectivity index (χ0v) is 8.29. The molecule has 0 unspecified atom stereocenters. The van der Waals surface area contributed by atoms with E-state index in [9.17, 15) is 0 Å². The molecule has 0 atom stereocenters. The molecule has 1 fully saturated rings. The lowest BCUT2D eigenvalue weighted by atomic mass is 9.92. The van der Waals surface area contributed by atoms with E-state index in [0.717, 1.165) is 25.7 Å². The molecule has 0 spiro atoms. The van der Waals surface area contributed by atoms with Crippen LogP contribution in [0.25, 0.3) is 0 Å². The van der Waals surface area contributed by atoms with Crippen LogP contribution in [0.4, 0.5) is 0 Å². The molecule has 0 aromatic carbocycles. The van der Waals surface area contributed by atoms with Crippen molar-refractivity contribution in [2.75, 3.05) is 20.3 Å². The molecule has 1 saturated carbocycles. The van der Waals surface area contributed by atoms with Gasteiger partial charge in [-0.25, -0.2) is 0 Å². The van der Waals surface area contributed by atoms with Gasteiger partial charge in [-0.15, -0.1) is 0 Å². The number of hydrogen-bond acceptors (Lipinski definition) is 4. The van der Waals surface area contributed by atoms with Crippen LogP contribution in [0.3, 0.4) is 0 Å². The van der Waals surface area contributed by atoms with Gasteiger partial charge in [0.1, 0.15) is 0 Å². The third-order valence-electron chi connectivity index (χ3n) is 2.41. The molecule has 1 aliphatic carbocycles. The summed E-state index contributed by atoms with van der Waals surface area (Å²) in [4.78, 5) is 5.23. The lowest BCUT2D eigenvalue weighted by Crippen LogP contribution is -2.37. The highest BCUT2D eigenvalue weighted by Crippen LogP contribution is 2.16. The van der Waals surface area contributed by atoms with Gasteiger partial charge in [-0.05, 0) is 25.7 Å². The first-order chi connectivity index (χ1) is 6.33. The molecule has 4 nitrogen and oxygen atoms in total. The third kappa shape index (κ3) is 4.57. The van der Waals surface area contributed by atoms with Crippen molar-refractivity contribution < 1.29 is 9.57 Å². The smallest absolute Gasteiger partial charge is 0.0915 e. The normalized spacial score (nSPS) is 29.1. The number of methoxy groups -OCH3 is 1. The number of hydroxylamine groups is 1. The van der Waals surface area contributed by atoms with Gasteiger partial charge in [0.05, 0.1) is 13.2 Å². The second-order valence-electron chi connectivity index (χ2n) is 3.57. The lowest BCUT2D eigenvalue weighted by Gasteiger charge is -2.26. The molecule has 0 bridgehead atoms. The fourth-order valence-corrected chi connectivity index (χ4v) is 1.54. The minimum atomic E-state index is 0.400. The predicted molar refractivity (Wildman–Crippen MR) is 51.2 cm³/mol. The van der Waals surface area contributed by atoms with Gasteiger partial charge in [-0.1, -0.05) is 0 Å². The van der Waals surface area contributed by atoms with Crippen molar-refractivity contribution in [3.63, 3.8) is 0 Å². The third-order valence-corrected chi connectivity index (χ3v) is 2.41. The highest BCUT2D eigenvalue weighted by molar-refractivity contribution is 4.76. The quantitative estimate of drug-likeness (QED) is 0.485. The topological polar surface area (TPSA) is 56.5 Å².